The van der Waals surface area contributed by atoms with Crippen LogP contribution >= 0.6 is 0 Å². The molecule has 1 nitrogen and oxygen atoms in total. The largest absolute Gasteiger partial charge is 1.00 e. The van der Waals surface area contributed by atoms with E-state index >= 15 is 0 Å². The highest BCUT2D eigenvalue weighted by Gasteiger charge is 2.09. The summed E-state index contributed by atoms with van der Waals surface area (Å²) in [6.07, 6.45) is 3.16. The third-order valence-electron chi connectivity index (χ3n) is 2.34. The summed E-state index contributed by atoms with van der Waals surface area (Å²) >= 11 is 0. The summed E-state index contributed by atoms with van der Waals surface area (Å²) in [5, 5.41) is 0. The van der Waals surface area contributed by atoms with Gasteiger partial charge in [-0.1, -0.05) is 31.2 Å². The van der Waals surface area contributed by atoms with E-state index < -0.39 is 0 Å². The fraction of sp³-hybridized carbons (Fsp3) is 0.154. The van der Waals surface area contributed by atoms with E-state index in [1.807, 2.05) is 6.07 Å². The third-order valence-corrected chi connectivity index (χ3v) is 2.34. The first-order valence-electron chi connectivity index (χ1n) is 4.97. The van der Waals surface area contributed by atoms with Gasteiger partial charge in [-0.05, 0) is 0 Å². The van der Waals surface area contributed by atoms with Gasteiger partial charge in [0.2, 0.25) is 5.69 Å². The van der Waals surface area contributed by atoms with Crippen molar-refractivity contribution >= 4 is 0 Å². The number of aromatic nitrogens is 1. The fourth-order valence-corrected chi connectivity index (χ4v) is 1.61. The number of hydrogen-bond donors (Lipinski definition) is 0. The quantitative estimate of drug-likeness (QED) is 0.646. The molecule has 0 aliphatic rings. The zero-order valence-corrected chi connectivity index (χ0v) is 10.3. The van der Waals surface area contributed by atoms with E-state index in [4.69, 9.17) is 0 Å². The van der Waals surface area contributed by atoms with Crippen molar-refractivity contribution in [1.82, 2.24) is 0 Å². The lowest BCUT2D eigenvalue weighted by Crippen LogP contribution is -3.00. The van der Waals surface area contributed by atoms with Crippen LogP contribution in [0.2, 0.25) is 0 Å². The van der Waals surface area contributed by atoms with Crippen LogP contribution in [0.1, 0.15) is 12.6 Å². The van der Waals surface area contributed by atoms with E-state index in [0.717, 1.165) is 6.42 Å². The Balaban J connectivity index is 0.00000112. The molecule has 0 spiro atoms. The Morgan fingerprint density at radius 2 is 1.60 bits per heavy atom. The predicted molar refractivity (Wildman–Crippen MR) is 57.4 cm³/mol. The number of para-hydroxylation sites is 1. The van der Waals surface area contributed by atoms with E-state index in [0.29, 0.717) is 0 Å². The molecule has 15 heavy (non-hydrogen) atoms. The van der Waals surface area contributed by atoms with Gasteiger partial charge in [-0.15, -0.1) is 0 Å². The van der Waals surface area contributed by atoms with Crippen molar-refractivity contribution in [1.29, 1.82) is 0 Å². The molecule has 2 aromatic rings. The molecule has 0 fully saturated rings. The SMILES string of the molecule is CCc1cccc[n+]1-c1ccccc1.[Br-]. The molecule has 0 bridgehead atoms. The van der Waals surface area contributed by atoms with Crippen LogP contribution in [0.25, 0.3) is 5.69 Å². The highest BCUT2D eigenvalue weighted by molar-refractivity contribution is 5.22. The van der Waals surface area contributed by atoms with Crippen LogP contribution < -0.4 is 21.5 Å². The minimum Gasteiger partial charge on any atom is -1.00 e. The molecule has 0 atom stereocenters. The standard InChI is InChI=1S/C13H14N.BrH/c1-2-12-8-6-7-11-14(12)13-9-4-3-5-10-13;/h3-11H,2H2,1H3;1H/q+1;/p-1. The Labute approximate surface area is 101 Å². The van der Waals surface area contributed by atoms with Crippen LogP contribution in [-0.4, -0.2) is 0 Å². The summed E-state index contributed by atoms with van der Waals surface area (Å²) in [5.41, 5.74) is 2.56. The molecule has 0 N–H and O–H groups in total. The van der Waals surface area contributed by atoms with Crippen LogP contribution in [0, 0.1) is 0 Å². The van der Waals surface area contributed by atoms with Crippen LogP contribution in [0.4, 0.5) is 0 Å². The van der Waals surface area contributed by atoms with Crippen LogP contribution in [0.15, 0.2) is 54.7 Å². The Morgan fingerprint density at radius 1 is 0.933 bits per heavy atom. The number of pyridine rings is 1. The molecule has 2 rings (SSSR count). The first-order valence-corrected chi connectivity index (χ1v) is 4.97. The zero-order valence-electron chi connectivity index (χ0n) is 8.73. The monoisotopic (exact) mass is 263 g/mol. The molecule has 0 radical (unpaired) electrons. The van der Waals surface area contributed by atoms with Gasteiger partial charge in [0.1, 0.15) is 0 Å². The van der Waals surface area contributed by atoms with Crippen molar-refractivity contribution in [2.75, 3.05) is 0 Å². The normalized spacial score (nSPS) is 9.40. The Morgan fingerprint density at radius 3 is 2.27 bits per heavy atom. The highest BCUT2D eigenvalue weighted by Crippen LogP contribution is 2.01. The summed E-state index contributed by atoms with van der Waals surface area (Å²) in [5.74, 6) is 0. The minimum atomic E-state index is 0. The summed E-state index contributed by atoms with van der Waals surface area (Å²) in [4.78, 5) is 0. The van der Waals surface area contributed by atoms with E-state index in [9.17, 15) is 0 Å². The number of hydrogen-bond acceptors (Lipinski definition) is 0. The van der Waals surface area contributed by atoms with Gasteiger partial charge < -0.3 is 17.0 Å². The second kappa shape index (κ2) is 5.66. The van der Waals surface area contributed by atoms with Gasteiger partial charge in [0, 0.05) is 30.7 Å². The first-order chi connectivity index (χ1) is 6.92. The smallest absolute Gasteiger partial charge is 0.210 e. The summed E-state index contributed by atoms with van der Waals surface area (Å²) in [7, 11) is 0. The molecule has 1 aromatic heterocycles. The Bertz CT molecular complexity index is 412. The maximum Gasteiger partial charge on any atom is 0.210 e. The highest BCUT2D eigenvalue weighted by atomic mass is 79.9. The summed E-state index contributed by atoms with van der Waals surface area (Å²) in [6.45, 7) is 2.18. The van der Waals surface area contributed by atoms with E-state index in [1.54, 1.807) is 0 Å². The van der Waals surface area contributed by atoms with Crippen molar-refractivity contribution < 1.29 is 21.5 Å². The molecule has 78 valence electrons. The second-order valence-electron chi connectivity index (χ2n) is 3.25. The van der Waals surface area contributed by atoms with Crippen molar-refractivity contribution in [3.8, 4) is 5.69 Å². The van der Waals surface area contributed by atoms with E-state index in [-0.39, 0.29) is 17.0 Å². The molecule has 1 aromatic carbocycles. The van der Waals surface area contributed by atoms with E-state index in [2.05, 4.69) is 60.2 Å². The fourth-order valence-electron chi connectivity index (χ4n) is 1.61. The number of aryl methyl sites for hydroxylation is 1. The molecule has 2 heteroatoms. The average molecular weight is 264 g/mol. The molecule has 0 saturated heterocycles. The number of nitrogens with zero attached hydrogens (tertiary/aromatic N) is 1. The van der Waals surface area contributed by atoms with Gasteiger partial charge in [0.05, 0.1) is 0 Å². The van der Waals surface area contributed by atoms with Crippen molar-refractivity contribution in [2.45, 2.75) is 13.3 Å². The second-order valence-corrected chi connectivity index (χ2v) is 3.25. The molecule has 0 saturated carbocycles. The predicted octanol–water partition coefficient (Wildman–Crippen LogP) is -0.470. The van der Waals surface area contributed by atoms with Gasteiger partial charge in [0.15, 0.2) is 11.9 Å². The lowest BCUT2D eigenvalue weighted by Gasteiger charge is -1.99. The Hall–Kier alpha value is -1.15. The lowest BCUT2D eigenvalue weighted by atomic mass is 10.2. The van der Waals surface area contributed by atoms with Gasteiger partial charge in [-0.25, -0.2) is 0 Å². The first kappa shape index (κ1) is 11.9. The van der Waals surface area contributed by atoms with Crippen LogP contribution in [0.3, 0.4) is 0 Å². The summed E-state index contributed by atoms with van der Waals surface area (Å²) in [6, 6.07) is 16.7. The maximum atomic E-state index is 2.22. The third kappa shape index (κ3) is 2.66. The van der Waals surface area contributed by atoms with Gasteiger partial charge >= 0.3 is 0 Å². The topological polar surface area (TPSA) is 3.88 Å². The molecule has 0 unspecified atom stereocenters. The van der Waals surface area contributed by atoms with E-state index in [1.165, 1.54) is 11.4 Å². The molecular formula is C13H14BrN. The molecule has 1 heterocycles. The number of benzene rings is 1. The number of halogens is 1. The number of rotatable bonds is 2. The average Bonchev–Trinajstić information content (AvgIpc) is 2.30. The van der Waals surface area contributed by atoms with Crippen molar-refractivity contribution in [3.05, 3.63) is 60.4 Å². The van der Waals surface area contributed by atoms with Crippen LogP contribution in [0.5, 0.6) is 0 Å². The summed E-state index contributed by atoms with van der Waals surface area (Å²) < 4.78 is 2.22. The molecule has 0 aliphatic carbocycles. The van der Waals surface area contributed by atoms with Crippen molar-refractivity contribution in [2.24, 2.45) is 0 Å². The molecule has 0 amide bonds. The van der Waals surface area contributed by atoms with Gasteiger partial charge in [-0.2, -0.15) is 4.57 Å². The Kier molecular flexibility index (Phi) is 4.50. The van der Waals surface area contributed by atoms with Crippen LogP contribution in [-0.2, 0) is 6.42 Å². The van der Waals surface area contributed by atoms with Gasteiger partial charge in [0.25, 0.3) is 0 Å². The zero-order chi connectivity index (χ0) is 9.80. The lowest BCUT2D eigenvalue weighted by molar-refractivity contribution is -0.604. The van der Waals surface area contributed by atoms with Crippen molar-refractivity contribution in [3.63, 3.8) is 0 Å². The molecular weight excluding hydrogens is 250 g/mol. The van der Waals surface area contributed by atoms with Gasteiger partial charge in [-0.3, -0.25) is 0 Å². The maximum absolute atomic E-state index is 2.22. The molecule has 0 aliphatic heterocycles. The minimum absolute atomic E-state index is 0.